The van der Waals surface area contributed by atoms with Gasteiger partial charge in [0.1, 0.15) is 13.2 Å². The Morgan fingerprint density at radius 3 is 2.94 bits per heavy atom. The molecule has 0 aromatic heterocycles. The maximum Gasteiger partial charge on any atom is 0.302 e. The molecule has 1 aliphatic rings. The molecule has 1 atom stereocenters. The topological polar surface area (TPSA) is 96.8 Å². The van der Waals surface area contributed by atoms with Crippen molar-refractivity contribution < 1.29 is 19.0 Å². The first-order valence-electron chi connectivity index (χ1n) is 5.29. The maximum absolute atomic E-state index is 10.7. The van der Waals surface area contributed by atoms with E-state index >= 15 is 0 Å². The summed E-state index contributed by atoms with van der Waals surface area (Å²) in [5, 5.41) is 0. The lowest BCUT2D eigenvalue weighted by atomic mass is 10.2. The summed E-state index contributed by atoms with van der Waals surface area (Å²) in [5.74, 6) is 0.436. The number of anilines is 2. The number of rotatable bonds is 2. The number of carbonyl (C=O) groups excluding carboxylic acids is 1. The second-order valence-corrected chi connectivity index (χ2v) is 4.73. The van der Waals surface area contributed by atoms with E-state index in [1.165, 1.54) is 6.92 Å². The highest BCUT2D eigenvalue weighted by atomic mass is 79.9. The third-order valence-electron chi connectivity index (χ3n) is 2.42. The van der Waals surface area contributed by atoms with E-state index in [4.69, 9.17) is 25.7 Å². The number of carbonyl (C=O) groups is 1. The summed E-state index contributed by atoms with van der Waals surface area (Å²) in [4.78, 5) is 10.7. The number of fused-ring (bicyclic) bond motifs is 1. The molecule has 18 heavy (non-hydrogen) atoms. The van der Waals surface area contributed by atoms with Gasteiger partial charge in [0.2, 0.25) is 0 Å². The van der Waals surface area contributed by atoms with Crippen LogP contribution >= 0.6 is 15.9 Å². The highest BCUT2D eigenvalue weighted by Gasteiger charge is 2.27. The van der Waals surface area contributed by atoms with E-state index in [2.05, 4.69) is 15.9 Å². The smallest absolute Gasteiger partial charge is 0.302 e. The van der Waals surface area contributed by atoms with Crippen LogP contribution in [0.5, 0.6) is 11.5 Å². The number of halogens is 1. The number of hydrogen-bond acceptors (Lipinski definition) is 6. The number of ether oxygens (including phenoxy) is 3. The molecule has 0 saturated carbocycles. The van der Waals surface area contributed by atoms with Crippen molar-refractivity contribution in [2.45, 2.75) is 13.0 Å². The van der Waals surface area contributed by atoms with E-state index in [1.807, 2.05) is 0 Å². The van der Waals surface area contributed by atoms with Gasteiger partial charge in [0, 0.05) is 11.4 Å². The molecule has 1 heterocycles. The maximum atomic E-state index is 10.7. The lowest BCUT2D eigenvalue weighted by molar-refractivity contribution is -0.144. The molecule has 0 amide bonds. The van der Waals surface area contributed by atoms with Gasteiger partial charge in [-0.25, -0.2) is 0 Å². The van der Waals surface area contributed by atoms with Crippen LogP contribution in [-0.4, -0.2) is 25.3 Å². The van der Waals surface area contributed by atoms with Gasteiger partial charge in [0.05, 0.1) is 11.4 Å². The first-order valence-corrected chi connectivity index (χ1v) is 6.08. The van der Waals surface area contributed by atoms with Crippen molar-refractivity contribution >= 4 is 33.3 Å². The molecule has 0 fully saturated rings. The highest BCUT2D eigenvalue weighted by Crippen LogP contribution is 2.45. The second-order valence-electron chi connectivity index (χ2n) is 3.87. The van der Waals surface area contributed by atoms with Crippen molar-refractivity contribution in [3.8, 4) is 11.5 Å². The summed E-state index contributed by atoms with van der Waals surface area (Å²) in [7, 11) is 0. The molecule has 0 saturated heterocycles. The molecule has 98 valence electrons. The SMILES string of the molecule is CC(=O)OCC1COc2c(N)cc(Br)c(N)c2O1. The molecule has 1 unspecified atom stereocenters. The van der Waals surface area contributed by atoms with E-state index in [9.17, 15) is 4.79 Å². The number of nitrogens with two attached hydrogens (primary N) is 2. The van der Waals surface area contributed by atoms with Crippen LogP contribution in [0.1, 0.15) is 6.92 Å². The average Bonchev–Trinajstić information content (AvgIpc) is 2.33. The molecule has 2 rings (SSSR count). The molecule has 0 bridgehead atoms. The Bertz CT molecular complexity index is 492. The zero-order chi connectivity index (χ0) is 13.3. The van der Waals surface area contributed by atoms with Crippen molar-refractivity contribution in [2.24, 2.45) is 0 Å². The van der Waals surface area contributed by atoms with Crippen molar-refractivity contribution in [1.82, 2.24) is 0 Å². The molecular formula is C11H13BrN2O4. The molecule has 4 N–H and O–H groups in total. The first kappa shape index (κ1) is 12.8. The number of benzene rings is 1. The standard InChI is InChI=1S/C11H13BrN2O4/c1-5(15)16-3-6-4-17-10-8(13)2-7(12)9(14)11(10)18-6/h2,6H,3-4,13-14H2,1H3. The number of nitrogen functional groups attached to an aromatic ring is 2. The van der Waals surface area contributed by atoms with Crippen LogP contribution in [0.4, 0.5) is 11.4 Å². The van der Waals surface area contributed by atoms with Crippen LogP contribution in [0.25, 0.3) is 0 Å². The summed E-state index contributed by atoms with van der Waals surface area (Å²) in [5.41, 5.74) is 12.5. The molecule has 1 aromatic carbocycles. The molecular weight excluding hydrogens is 304 g/mol. The summed E-state index contributed by atoms with van der Waals surface area (Å²) >= 11 is 3.28. The van der Waals surface area contributed by atoms with Crippen molar-refractivity contribution in [3.63, 3.8) is 0 Å². The van der Waals surface area contributed by atoms with E-state index in [1.54, 1.807) is 6.07 Å². The Balaban J connectivity index is 2.20. The lowest BCUT2D eigenvalue weighted by Gasteiger charge is -2.28. The molecule has 6 nitrogen and oxygen atoms in total. The van der Waals surface area contributed by atoms with Crippen LogP contribution in [0.15, 0.2) is 10.5 Å². The van der Waals surface area contributed by atoms with E-state index in [-0.39, 0.29) is 19.2 Å². The quantitative estimate of drug-likeness (QED) is 0.631. The fraction of sp³-hybridized carbons (Fsp3) is 0.364. The van der Waals surface area contributed by atoms with Gasteiger partial charge in [-0.2, -0.15) is 0 Å². The fourth-order valence-electron chi connectivity index (χ4n) is 1.58. The molecule has 1 aliphatic heterocycles. The summed E-state index contributed by atoms with van der Waals surface area (Å²) in [6, 6.07) is 1.66. The highest BCUT2D eigenvalue weighted by molar-refractivity contribution is 9.10. The predicted molar refractivity (Wildman–Crippen MR) is 69.5 cm³/mol. The Hall–Kier alpha value is -1.63. The van der Waals surface area contributed by atoms with Crippen LogP contribution in [0.2, 0.25) is 0 Å². The second kappa shape index (κ2) is 4.93. The molecule has 0 radical (unpaired) electrons. The first-order chi connectivity index (χ1) is 8.49. The Labute approximate surface area is 112 Å². The molecule has 0 aliphatic carbocycles. The summed E-state index contributed by atoms with van der Waals surface area (Å²) in [6.45, 7) is 1.70. The third-order valence-corrected chi connectivity index (χ3v) is 3.08. The van der Waals surface area contributed by atoms with Crippen molar-refractivity contribution in [3.05, 3.63) is 10.5 Å². The third kappa shape index (κ3) is 2.45. The Morgan fingerprint density at radius 1 is 1.56 bits per heavy atom. The Kier molecular flexibility index (Phi) is 3.51. The molecule has 0 spiro atoms. The molecule has 7 heteroatoms. The van der Waals surface area contributed by atoms with Gasteiger partial charge in [-0.15, -0.1) is 0 Å². The van der Waals surface area contributed by atoms with E-state index < -0.39 is 6.10 Å². The zero-order valence-electron chi connectivity index (χ0n) is 9.73. The fourth-order valence-corrected chi connectivity index (χ4v) is 2.00. The Morgan fingerprint density at radius 2 is 2.28 bits per heavy atom. The van der Waals surface area contributed by atoms with Crippen LogP contribution in [-0.2, 0) is 9.53 Å². The zero-order valence-corrected chi connectivity index (χ0v) is 11.3. The largest absolute Gasteiger partial charge is 0.483 e. The number of hydrogen-bond donors (Lipinski definition) is 2. The van der Waals surface area contributed by atoms with Gasteiger partial charge in [0.25, 0.3) is 0 Å². The van der Waals surface area contributed by atoms with Crippen LogP contribution < -0.4 is 20.9 Å². The van der Waals surface area contributed by atoms with Crippen molar-refractivity contribution in [1.29, 1.82) is 0 Å². The van der Waals surface area contributed by atoms with Gasteiger partial charge in [-0.3, -0.25) is 4.79 Å². The van der Waals surface area contributed by atoms with Gasteiger partial charge >= 0.3 is 5.97 Å². The molecule has 1 aromatic rings. The predicted octanol–water partition coefficient (Wildman–Crippen LogP) is 1.32. The summed E-state index contributed by atoms with van der Waals surface area (Å²) < 4.78 is 16.6. The van der Waals surface area contributed by atoms with Crippen LogP contribution in [0, 0.1) is 0 Å². The van der Waals surface area contributed by atoms with Gasteiger partial charge in [-0.05, 0) is 22.0 Å². The minimum Gasteiger partial charge on any atom is -0.483 e. The minimum absolute atomic E-state index is 0.112. The van der Waals surface area contributed by atoms with Crippen molar-refractivity contribution in [2.75, 3.05) is 24.7 Å². The van der Waals surface area contributed by atoms with Gasteiger partial charge in [0.15, 0.2) is 17.6 Å². The normalized spacial score (nSPS) is 17.3. The van der Waals surface area contributed by atoms with E-state index in [0.29, 0.717) is 27.3 Å². The minimum atomic E-state index is -0.391. The lowest BCUT2D eigenvalue weighted by Crippen LogP contribution is -2.34. The number of esters is 1. The van der Waals surface area contributed by atoms with E-state index in [0.717, 1.165) is 0 Å². The van der Waals surface area contributed by atoms with Crippen LogP contribution in [0.3, 0.4) is 0 Å². The monoisotopic (exact) mass is 316 g/mol. The van der Waals surface area contributed by atoms with Gasteiger partial charge in [-0.1, -0.05) is 0 Å². The summed E-state index contributed by atoms with van der Waals surface area (Å²) in [6.07, 6.45) is -0.391. The average molecular weight is 317 g/mol. The van der Waals surface area contributed by atoms with Gasteiger partial charge < -0.3 is 25.7 Å².